The van der Waals surface area contributed by atoms with E-state index in [0.29, 0.717) is 18.7 Å². The first kappa shape index (κ1) is 13.6. The SMILES string of the molecule is CCc1oc(C(=O)N2CCC[C@H](C(=O)O)C2)cc1C. The van der Waals surface area contributed by atoms with Crippen LogP contribution in [0.5, 0.6) is 0 Å². The Kier molecular flexibility index (Phi) is 3.93. The summed E-state index contributed by atoms with van der Waals surface area (Å²) in [6, 6.07) is 1.74. The number of carbonyl (C=O) groups excluding carboxylic acids is 1. The molecule has 1 N–H and O–H groups in total. The molecule has 1 aromatic heterocycles. The summed E-state index contributed by atoms with van der Waals surface area (Å²) in [5, 5.41) is 9.03. The maximum absolute atomic E-state index is 12.3. The Labute approximate surface area is 112 Å². The topological polar surface area (TPSA) is 70.8 Å². The third kappa shape index (κ3) is 2.80. The number of amides is 1. The first-order chi connectivity index (χ1) is 9.02. The van der Waals surface area contributed by atoms with E-state index in [0.717, 1.165) is 24.2 Å². The van der Waals surface area contributed by atoms with Gasteiger partial charge in [0.1, 0.15) is 5.76 Å². The summed E-state index contributed by atoms with van der Waals surface area (Å²) in [5.74, 6) is -0.355. The number of carbonyl (C=O) groups is 2. The highest BCUT2D eigenvalue weighted by Gasteiger charge is 2.30. The summed E-state index contributed by atoms with van der Waals surface area (Å²) >= 11 is 0. The van der Waals surface area contributed by atoms with Gasteiger partial charge in [-0.1, -0.05) is 6.92 Å². The van der Waals surface area contributed by atoms with Crippen LogP contribution in [0.4, 0.5) is 0 Å². The van der Waals surface area contributed by atoms with Gasteiger partial charge in [0.2, 0.25) is 0 Å². The Balaban J connectivity index is 2.12. The Bertz CT molecular complexity index is 492. The van der Waals surface area contributed by atoms with Gasteiger partial charge in [0.15, 0.2) is 5.76 Å². The van der Waals surface area contributed by atoms with Gasteiger partial charge in [-0.25, -0.2) is 0 Å². The normalized spacial score (nSPS) is 19.5. The third-order valence-electron chi connectivity index (χ3n) is 3.61. The molecule has 1 atom stereocenters. The van der Waals surface area contributed by atoms with Crippen LogP contribution >= 0.6 is 0 Å². The Morgan fingerprint density at radius 3 is 2.84 bits per heavy atom. The number of carboxylic acids is 1. The molecule has 104 valence electrons. The molecule has 0 radical (unpaired) electrons. The van der Waals surface area contributed by atoms with Gasteiger partial charge in [-0.2, -0.15) is 0 Å². The van der Waals surface area contributed by atoms with Gasteiger partial charge in [0.05, 0.1) is 5.92 Å². The molecule has 0 saturated carbocycles. The van der Waals surface area contributed by atoms with E-state index >= 15 is 0 Å². The standard InChI is InChI=1S/C14H19NO4/c1-3-11-9(2)7-12(19-11)13(16)15-6-4-5-10(8-15)14(17)18/h7,10H,3-6,8H2,1-2H3,(H,17,18)/t10-/m0/s1. The van der Waals surface area contributed by atoms with Gasteiger partial charge >= 0.3 is 5.97 Å². The number of rotatable bonds is 3. The number of furan rings is 1. The second-order valence-corrected chi connectivity index (χ2v) is 5.00. The van der Waals surface area contributed by atoms with Crippen LogP contribution < -0.4 is 0 Å². The summed E-state index contributed by atoms with van der Waals surface area (Å²) in [6.07, 6.45) is 2.11. The Morgan fingerprint density at radius 2 is 2.26 bits per heavy atom. The number of piperidine rings is 1. The van der Waals surface area contributed by atoms with Crippen molar-refractivity contribution in [1.82, 2.24) is 4.90 Å². The lowest BCUT2D eigenvalue weighted by Crippen LogP contribution is -2.42. The Morgan fingerprint density at radius 1 is 1.53 bits per heavy atom. The van der Waals surface area contributed by atoms with Crippen molar-refractivity contribution in [3.05, 3.63) is 23.2 Å². The zero-order chi connectivity index (χ0) is 14.0. The minimum Gasteiger partial charge on any atom is -0.481 e. The zero-order valence-electron chi connectivity index (χ0n) is 11.3. The second kappa shape index (κ2) is 5.47. The molecule has 0 unspecified atom stereocenters. The van der Waals surface area contributed by atoms with Crippen LogP contribution in [0.1, 0.15) is 41.6 Å². The van der Waals surface area contributed by atoms with Crippen LogP contribution in [-0.4, -0.2) is 35.0 Å². The predicted molar refractivity (Wildman–Crippen MR) is 69.1 cm³/mol. The molecule has 0 aromatic carbocycles. The molecule has 5 heteroatoms. The fourth-order valence-corrected chi connectivity index (χ4v) is 2.50. The maximum atomic E-state index is 12.3. The smallest absolute Gasteiger partial charge is 0.308 e. The van der Waals surface area contributed by atoms with E-state index < -0.39 is 11.9 Å². The zero-order valence-corrected chi connectivity index (χ0v) is 11.3. The molecule has 0 spiro atoms. The third-order valence-corrected chi connectivity index (χ3v) is 3.61. The van der Waals surface area contributed by atoms with E-state index in [1.54, 1.807) is 11.0 Å². The van der Waals surface area contributed by atoms with Gasteiger partial charge in [-0.05, 0) is 31.4 Å². The fourth-order valence-electron chi connectivity index (χ4n) is 2.50. The average Bonchev–Trinajstić information content (AvgIpc) is 2.79. The number of carboxylic acid groups (broad SMARTS) is 1. The molecule has 2 heterocycles. The molecule has 1 saturated heterocycles. The minimum absolute atomic E-state index is 0.200. The van der Waals surface area contributed by atoms with E-state index in [2.05, 4.69) is 0 Å². The van der Waals surface area contributed by atoms with Gasteiger partial charge in [0, 0.05) is 19.5 Å². The molecule has 1 amide bonds. The van der Waals surface area contributed by atoms with Crippen molar-refractivity contribution in [2.75, 3.05) is 13.1 Å². The first-order valence-electron chi connectivity index (χ1n) is 6.64. The van der Waals surface area contributed by atoms with E-state index in [9.17, 15) is 9.59 Å². The lowest BCUT2D eigenvalue weighted by Gasteiger charge is -2.29. The summed E-state index contributed by atoms with van der Waals surface area (Å²) in [6.45, 7) is 4.76. The average molecular weight is 265 g/mol. The first-order valence-corrected chi connectivity index (χ1v) is 6.64. The number of aryl methyl sites for hydroxylation is 2. The monoisotopic (exact) mass is 265 g/mol. The van der Waals surface area contributed by atoms with E-state index in [-0.39, 0.29) is 12.5 Å². The fraction of sp³-hybridized carbons (Fsp3) is 0.571. The lowest BCUT2D eigenvalue weighted by atomic mass is 9.98. The van der Waals surface area contributed by atoms with Crippen molar-refractivity contribution in [2.45, 2.75) is 33.1 Å². The summed E-state index contributed by atoms with van der Waals surface area (Å²) in [4.78, 5) is 24.9. The molecule has 5 nitrogen and oxygen atoms in total. The molecule has 1 fully saturated rings. The van der Waals surface area contributed by atoms with E-state index in [1.807, 2.05) is 13.8 Å². The quantitative estimate of drug-likeness (QED) is 0.908. The van der Waals surface area contributed by atoms with Crippen LogP contribution in [0.3, 0.4) is 0 Å². The van der Waals surface area contributed by atoms with Gasteiger partial charge < -0.3 is 14.4 Å². The van der Waals surface area contributed by atoms with Crippen molar-refractivity contribution in [3.63, 3.8) is 0 Å². The number of nitrogens with zero attached hydrogens (tertiary/aromatic N) is 1. The van der Waals surface area contributed by atoms with Crippen LogP contribution in [0.15, 0.2) is 10.5 Å². The molecule has 19 heavy (non-hydrogen) atoms. The maximum Gasteiger partial charge on any atom is 0.308 e. The van der Waals surface area contributed by atoms with Gasteiger partial charge in [0.25, 0.3) is 5.91 Å². The Hall–Kier alpha value is -1.78. The highest BCUT2D eigenvalue weighted by atomic mass is 16.4. The summed E-state index contributed by atoms with van der Waals surface area (Å²) < 4.78 is 5.54. The largest absolute Gasteiger partial charge is 0.481 e. The molecule has 0 aliphatic carbocycles. The number of hydrogen-bond donors (Lipinski definition) is 1. The van der Waals surface area contributed by atoms with E-state index in [4.69, 9.17) is 9.52 Å². The van der Waals surface area contributed by atoms with Crippen molar-refractivity contribution < 1.29 is 19.1 Å². The van der Waals surface area contributed by atoms with Crippen molar-refractivity contribution in [3.8, 4) is 0 Å². The minimum atomic E-state index is -0.831. The molecular formula is C14H19NO4. The van der Waals surface area contributed by atoms with Gasteiger partial charge in [-0.15, -0.1) is 0 Å². The number of aliphatic carboxylic acids is 1. The van der Waals surface area contributed by atoms with Crippen LogP contribution in [0, 0.1) is 12.8 Å². The lowest BCUT2D eigenvalue weighted by molar-refractivity contribution is -0.143. The summed E-state index contributed by atoms with van der Waals surface area (Å²) in [5.41, 5.74) is 0.970. The second-order valence-electron chi connectivity index (χ2n) is 5.00. The molecule has 2 rings (SSSR count). The molecule has 1 aliphatic heterocycles. The molecular weight excluding hydrogens is 246 g/mol. The van der Waals surface area contributed by atoms with Crippen LogP contribution in [-0.2, 0) is 11.2 Å². The molecule has 1 aliphatic rings. The predicted octanol–water partition coefficient (Wildman–Crippen LogP) is 2.09. The van der Waals surface area contributed by atoms with E-state index in [1.165, 1.54) is 0 Å². The van der Waals surface area contributed by atoms with Crippen LogP contribution in [0.25, 0.3) is 0 Å². The molecule has 1 aromatic rings. The number of likely N-dealkylation sites (tertiary alicyclic amines) is 1. The van der Waals surface area contributed by atoms with Crippen LogP contribution in [0.2, 0.25) is 0 Å². The van der Waals surface area contributed by atoms with Crippen molar-refractivity contribution in [1.29, 1.82) is 0 Å². The summed E-state index contributed by atoms with van der Waals surface area (Å²) in [7, 11) is 0. The molecule has 0 bridgehead atoms. The number of hydrogen-bond acceptors (Lipinski definition) is 3. The van der Waals surface area contributed by atoms with Crippen molar-refractivity contribution >= 4 is 11.9 Å². The van der Waals surface area contributed by atoms with Gasteiger partial charge in [-0.3, -0.25) is 9.59 Å². The highest BCUT2D eigenvalue weighted by molar-refractivity contribution is 5.92. The van der Waals surface area contributed by atoms with Crippen molar-refractivity contribution in [2.24, 2.45) is 5.92 Å². The highest BCUT2D eigenvalue weighted by Crippen LogP contribution is 2.21.